The van der Waals surface area contributed by atoms with E-state index in [1.165, 1.54) is 30.5 Å². The summed E-state index contributed by atoms with van der Waals surface area (Å²) in [5.74, 6) is -1.22. The van der Waals surface area contributed by atoms with Gasteiger partial charge in [0.25, 0.3) is 0 Å². The molecule has 0 saturated carbocycles. The second-order valence-electron chi connectivity index (χ2n) is 5.79. The molecule has 3 aromatic heterocycles. The summed E-state index contributed by atoms with van der Waals surface area (Å²) in [5, 5.41) is 18.9. The molecule has 28 heavy (non-hydrogen) atoms. The summed E-state index contributed by atoms with van der Waals surface area (Å²) in [4.78, 5) is 7.86. The molecular formula is C18H11F2N7O. The van der Waals surface area contributed by atoms with Crippen molar-refractivity contribution in [2.75, 3.05) is 5.73 Å². The highest BCUT2D eigenvalue weighted by molar-refractivity contribution is 5.78. The molecule has 0 bridgehead atoms. The number of benzene rings is 1. The van der Waals surface area contributed by atoms with Crippen molar-refractivity contribution in [3.63, 3.8) is 0 Å². The van der Waals surface area contributed by atoms with Gasteiger partial charge in [0.2, 0.25) is 5.65 Å². The number of aromatic amines is 1. The first kappa shape index (κ1) is 17.3. The number of H-pyrrole nitrogens is 1. The molecule has 4 aromatic rings. The van der Waals surface area contributed by atoms with Gasteiger partial charge >= 0.3 is 0 Å². The van der Waals surface area contributed by atoms with Crippen molar-refractivity contribution >= 4 is 17.0 Å². The van der Waals surface area contributed by atoms with Crippen LogP contribution < -0.4 is 10.5 Å². The molecule has 3 N–H and O–H groups in total. The van der Waals surface area contributed by atoms with E-state index in [9.17, 15) is 8.78 Å². The van der Waals surface area contributed by atoms with Crippen LogP contribution in [-0.4, -0.2) is 25.4 Å². The zero-order valence-electron chi connectivity index (χ0n) is 14.1. The number of nitrogen functional groups attached to an aromatic ring is 1. The maximum atomic E-state index is 14.5. The number of nitrogens with two attached hydrogens (primary N) is 1. The van der Waals surface area contributed by atoms with Crippen LogP contribution in [0.1, 0.15) is 11.3 Å². The molecule has 0 amide bonds. The fourth-order valence-corrected chi connectivity index (χ4v) is 2.62. The Kier molecular flexibility index (Phi) is 4.25. The Morgan fingerprint density at radius 3 is 2.57 bits per heavy atom. The Labute approximate surface area is 156 Å². The van der Waals surface area contributed by atoms with Crippen molar-refractivity contribution in [3.05, 3.63) is 59.4 Å². The average molecular weight is 379 g/mol. The normalized spacial score (nSPS) is 10.8. The molecule has 0 spiro atoms. The van der Waals surface area contributed by atoms with Gasteiger partial charge in [-0.1, -0.05) is 0 Å². The zero-order chi connectivity index (χ0) is 19.7. The van der Waals surface area contributed by atoms with E-state index in [0.717, 1.165) is 0 Å². The summed E-state index contributed by atoms with van der Waals surface area (Å²) in [6, 6.07) is 8.68. The van der Waals surface area contributed by atoms with Gasteiger partial charge in [-0.3, -0.25) is 0 Å². The van der Waals surface area contributed by atoms with E-state index in [1.54, 1.807) is 6.07 Å². The maximum Gasteiger partial charge on any atom is 0.207 e. The fraction of sp³-hybridized carbons (Fsp3) is 0.0556. The molecule has 0 aliphatic carbocycles. The Morgan fingerprint density at radius 2 is 1.89 bits per heavy atom. The minimum Gasteiger partial charge on any atom is -0.486 e. The zero-order valence-corrected chi connectivity index (χ0v) is 14.1. The number of ether oxygens (including phenoxy) is 1. The third-order valence-electron chi connectivity index (χ3n) is 4.00. The lowest BCUT2D eigenvalue weighted by Gasteiger charge is -2.11. The standard InChI is InChI=1S/C18H11F2N7O/c19-13-3-10(9-1-2-11(6-21)23-7-9)4-14(20)12(13)8-28-15-5-16(22)24-18-17(15)25-27-26-18/h1-5,7H,8H2,(H3,22,24,25,26,27). The van der Waals surface area contributed by atoms with Crippen LogP contribution in [0.5, 0.6) is 5.75 Å². The van der Waals surface area contributed by atoms with E-state index >= 15 is 0 Å². The number of pyridine rings is 2. The summed E-state index contributed by atoms with van der Waals surface area (Å²) in [6.45, 7) is -0.380. The fourth-order valence-electron chi connectivity index (χ4n) is 2.62. The molecule has 10 heteroatoms. The van der Waals surface area contributed by atoms with Crippen LogP contribution in [0, 0.1) is 23.0 Å². The second-order valence-corrected chi connectivity index (χ2v) is 5.79. The van der Waals surface area contributed by atoms with Gasteiger partial charge < -0.3 is 10.5 Å². The number of anilines is 1. The number of nitrogens with one attached hydrogen (secondary N) is 1. The summed E-state index contributed by atoms with van der Waals surface area (Å²) in [5.41, 5.74) is 6.94. The average Bonchev–Trinajstić information content (AvgIpc) is 3.15. The molecular weight excluding hydrogens is 368 g/mol. The van der Waals surface area contributed by atoms with Crippen LogP contribution in [0.2, 0.25) is 0 Å². The summed E-state index contributed by atoms with van der Waals surface area (Å²) in [7, 11) is 0. The van der Waals surface area contributed by atoms with Crippen molar-refractivity contribution < 1.29 is 13.5 Å². The molecule has 138 valence electrons. The minimum atomic E-state index is -0.780. The van der Waals surface area contributed by atoms with Crippen molar-refractivity contribution in [2.24, 2.45) is 0 Å². The molecule has 3 heterocycles. The summed E-state index contributed by atoms with van der Waals surface area (Å²) >= 11 is 0. The number of fused-ring (bicyclic) bond motifs is 1. The van der Waals surface area contributed by atoms with Gasteiger partial charge in [0, 0.05) is 17.8 Å². The maximum absolute atomic E-state index is 14.5. The van der Waals surface area contributed by atoms with Gasteiger partial charge in [0.1, 0.15) is 35.8 Å². The smallest absolute Gasteiger partial charge is 0.207 e. The number of nitriles is 1. The largest absolute Gasteiger partial charge is 0.486 e. The monoisotopic (exact) mass is 379 g/mol. The molecule has 0 fully saturated rings. The summed E-state index contributed by atoms with van der Waals surface area (Å²) in [6.07, 6.45) is 1.38. The Bertz CT molecular complexity index is 1190. The third kappa shape index (κ3) is 3.16. The van der Waals surface area contributed by atoms with Gasteiger partial charge in [-0.15, -0.1) is 5.10 Å². The van der Waals surface area contributed by atoms with E-state index in [4.69, 9.17) is 15.7 Å². The van der Waals surface area contributed by atoms with Crippen LogP contribution in [0.25, 0.3) is 22.3 Å². The van der Waals surface area contributed by atoms with E-state index in [1.807, 2.05) is 6.07 Å². The van der Waals surface area contributed by atoms with Crippen molar-refractivity contribution in [3.8, 4) is 22.9 Å². The Hall–Kier alpha value is -4.13. The number of rotatable bonds is 4. The lowest BCUT2D eigenvalue weighted by Crippen LogP contribution is -2.04. The number of halogens is 2. The quantitative estimate of drug-likeness (QED) is 0.558. The minimum absolute atomic E-state index is 0.140. The lowest BCUT2D eigenvalue weighted by atomic mass is 10.0. The third-order valence-corrected chi connectivity index (χ3v) is 4.00. The predicted molar refractivity (Wildman–Crippen MR) is 94.7 cm³/mol. The number of hydrogen-bond acceptors (Lipinski definition) is 7. The Morgan fingerprint density at radius 1 is 1.11 bits per heavy atom. The second kappa shape index (κ2) is 6.88. The van der Waals surface area contributed by atoms with Crippen LogP contribution in [-0.2, 0) is 6.61 Å². The predicted octanol–water partition coefficient (Wildman–Crippen LogP) is 2.73. The van der Waals surface area contributed by atoms with Gasteiger partial charge in [0.15, 0.2) is 11.3 Å². The van der Waals surface area contributed by atoms with Crippen molar-refractivity contribution in [2.45, 2.75) is 6.61 Å². The van der Waals surface area contributed by atoms with E-state index in [0.29, 0.717) is 16.6 Å². The molecule has 0 aliphatic heterocycles. The molecule has 1 aromatic carbocycles. The first-order chi connectivity index (χ1) is 13.5. The Balaban J connectivity index is 1.61. The van der Waals surface area contributed by atoms with Gasteiger partial charge in [-0.05, 0) is 29.8 Å². The van der Waals surface area contributed by atoms with Crippen LogP contribution in [0.4, 0.5) is 14.6 Å². The van der Waals surface area contributed by atoms with E-state index in [2.05, 4.69) is 25.4 Å². The highest BCUT2D eigenvalue weighted by Crippen LogP contribution is 2.27. The highest BCUT2D eigenvalue weighted by Gasteiger charge is 2.16. The van der Waals surface area contributed by atoms with Crippen molar-refractivity contribution in [1.29, 1.82) is 5.26 Å². The highest BCUT2D eigenvalue weighted by atomic mass is 19.1. The summed E-state index contributed by atoms with van der Waals surface area (Å²) < 4.78 is 34.5. The number of nitrogens with zero attached hydrogens (tertiary/aromatic N) is 5. The number of aromatic nitrogens is 5. The van der Waals surface area contributed by atoms with Crippen LogP contribution >= 0.6 is 0 Å². The molecule has 0 aliphatic rings. The topological polar surface area (TPSA) is 126 Å². The first-order valence-electron chi connectivity index (χ1n) is 7.99. The SMILES string of the molecule is N#Cc1ccc(-c2cc(F)c(COc3cc(N)nc4n[nH]nc34)c(F)c2)cn1. The van der Waals surface area contributed by atoms with Gasteiger partial charge in [0.05, 0.1) is 5.56 Å². The molecule has 0 saturated heterocycles. The number of hydrogen-bond donors (Lipinski definition) is 2. The molecule has 0 radical (unpaired) electrons. The van der Waals surface area contributed by atoms with E-state index < -0.39 is 11.6 Å². The molecule has 4 rings (SSSR count). The molecule has 8 nitrogen and oxygen atoms in total. The van der Waals surface area contributed by atoms with Crippen molar-refractivity contribution in [1.82, 2.24) is 25.4 Å². The lowest BCUT2D eigenvalue weighted by molar-refractivity contribution is 0.295. The van der Waals surface area contributed by atoms with Gasteiger partial charge in [-0.25, -0.2) is 18.7 Å². The van der Waals surface area contributed by atoms with E-state index in [-0.39, 0.29) is 35.1 Å². The van der Waals surface area contributed by atoms with Crippen LogP contribution in [0.15, 0.2) is 36.5 Å². The molecule has 0 atom stereocenters. The molecule has 0 unspecified atom stereocenters. The van der Waals surface area contributed by atoms with Crippen LogP contribution in [0.3, 0.4) is 0 Å². The first-order valence-corrected chi connectivity index (χ1v) is 7.99. The van der Waals surface area contributed by atoms with Gasteiger partial charge in [-0.2, -0.15) is 15.6 Å².